The average Bonchev–Trinajstić information content (AvgIpc) is 2.84. The summed E-state index contributed by atoms with van der Waals surface area (Å²) in [6, 6.07) is 11.3. The molecule has 0 aliphatic carbocycles. The molecule has 1 aromatic carbocycles. The number of rotatable bonds is 14. The lowest BCUT2D eigenvalue weighted by Crippen LogP contribution is -2.05. The maximum atomic E-state index is 12.6. The lowest BCUT2D eigenvalue weighted by atomic mass is 10.0. The molecule has 0 spiro atoms. The van der Waals surface area contributed by atoms with Crippen LogP contribution in [-0.4, -0.2) is 24.2 Å². The Morgan fingerprint density at radius 1 is 0.943 bits per heavy atom. The zero-order valence-electron chi connectivity index (χ0n) is 20.8. The summed E-state index contributed by atoms with van der Waals surface area (Å²) in [5, 5.41) is 0.768. The molecule has 2 aromatic heterocycles. The number of ether oxygens (including phenoxy) is 2. The first-order valence-corrected chi connectivity index (χ1v) is 12.4. The number of carbonyl (C=O) groups is 1. The third-order valence-corrected chi connectivity index (χ3v) is 5.90. The minimum absolute atomic E-state index is 0.303. The lowest BCUT2D eigenvalue weighted by molar-refractivity contribution is -0.139. The van der Waals surface area contributed by atoms with E-state index in [4.69, 9.17) is 13.9 Å². The number of benzene rings is 1. The Labute approximate surface area is 207 Å². The van der Waals surface area contributed by atoms with Crippen molar-refractivity contribution in [2.45, 2.75) is 65.2 Å². The van der Waals surface area contributed by atoms with E-state index in [1.807, 2.05) is 37.3 Å². The van der Waals surface area contributed by atoms with Crippen LogP contribution in [0, 0.1) is 6.92 Å². The fourth-order valence-electron chi connectivity index (χ4n) is 3.87. The number of pyridine rings is 1. The first kappa shape index (κ1) is 26.2. The predicted octanol–water partition coefficient (Wildman–Crippen LogP) is 6.78. The Morgan fingerprint density at radius 3 is 2.29 bits per heavy atom. The van der Waals surface area contributed by atoms with Crippen LogP contribution in [0.25, 0.3) is 22.1 Å². The Balaban J connectivity index is 1.33. The van der Waals surface area contributed by atoms with Crippen LogP contribution in [0.3, 0.4) is 0 Å². The van der Waals surface area contributed by atoms with Gasteiger partial charge in [0.2, 0.25) is 5.88 Å². The van der Waals surface area contributed by atoms with E-state index in [1.165, 1.54) is 12.8 Å². The smallest absolute Gasteiger partial charge is 0.344 e. The molecule has 0 radical (unpaired) electrons. The van der Waals surface area contributed by atoms with Crippen molar-refractivity contribution in [3.05, 3.63) is 70.7 Å². The predicted molar refractivity (Wildman–Crippen MR) is 139 cm³/mol. The molecule has 0 amide bonds. The van der Waals surface area contributed by atoms with Crippen LogP contribution in [0.15, 0.2) is 64.0 Å². The molecule has 0 bridgehead atoms. The normalized spacial score (nSPS) is 10.9. The first-order valence-electron chi connectivity index (χ1n) is 12.4. The molecule has 0 saturated heterocycles. The van der Waals surface area contributed by atoms with Gasteiger partial charge < -0.3 is 13.9 Å². The fraction of sp³-hybridized carbons (Fsp3) is 0.414. The van der Waals surface area contributed by atoms with Gasteiger partial charge in [0.05, 0.1) is 18.8 Å². The molecule has 6 nitrogen and oxygen atoms in total. The highest BCUT2D eigenvalue weighted by Gasteiger charge is 2.11. The van der Waals surface area contributed by atoms with Crippen molar-refractivity contribution in [3.63, 3.8) is 0 Å². The summed E-state index contributed by atoms with van der Waals surface area (Å²) in [5.41, 5.74) is 2.99. The van der Waals surface area contributed by atoms with Crippen LogP contribution >= 0.6 is 0 Å². The summed E-state index contributed by atoms with van der Waals surface area (Å²) in [5.74, 6) is 0.166. The number of unbranched alkanes of at least 4 members (excludes halogenated alkanes) is 7. The first-order chi connectivity index (χ1) is 17.0. The molecule has 3 rings (SSSR count). The van der Waals surface area contributed by atoms with Crippen molar-refractivity contribution in [3.8, 4) is 17.0 Å². The van der Waals surface area contributed by atoms with Crippen LogP contribution in [0.1, 0.15) is 63.9 Å². The van der Waals surface area contributed by atoms with Gasteiger partial charge >= 0.3 is 11.6 Å². The van der Waals surface area contributed by atoms with Gasteiger partial charge in [-0.05, 0) is 43.9 Å². The molecule has 6 heteroatoms. The lowest BCUT2D eigenvalue weighted by Gasteiger charge is -2.08. The van der Waals surface area contributed by atoms with E-state index in [2.05, 4.69) is 11.6 Å². The molecule has 0 saturated carbocycles. The van der Waals surface area contributed by atoms with Crippen molar-refractivity contribution in [2.24, 2.45) is 0 Å². The second-order valence-corrected chi connectivity index (χ2v) is 8.92. The van der Waals surface area contributed by atoms with Gasteiger partial charge in [0.25, 0.3) is 0 Å². The minimum atomic E-state index is -0.364. The van der Waals surface area contributed by atoms with Crippen molar-refractivity contribution in [2.75, 3.05) is 13.2 Å². The molecule has 2 heterocycles. The minimum Gasteiger partial charge on any atom is -0.478 e. The summed E-state index contributed by atoms with van der Waals surface area (Å²) < 4.78 is 16.4. The molecule has 35 heavy (non-hydrogen) atoms. The fourth-order valence-corrected chi connectivity index (χ4v) is 3.87. The van der Waals surface area contributed by atoms with Crippen molar-refractivity contribution >= 4 is 16.9 Å². The van der Waals surface area contributed by atoms with E-state index in [0.29, 0.717) is 35.8 Å². The van der Waals surface area contributed by atoms with E-state index >= 15 is 0 Å². The zero-order chi connectivity index (χ0) is 25.0. The van der Waals surface area contributed by atoms with Crippen LogP contribution in [0.2, 0.25) is 0 Å². The van der Waals surface area contributed by atoms with Gasteiger partial charge in [-0.3, -0.25) is 0 Å². The molecule has 0 fully saturated rings. The molecule has 0 aliphatic heterocycles. The average molecular weight is 478 g/mol. The van der Waals surface area contributed by atoms with Gasteiger partial charge in [-0.1, -0.05) is 69.4 Å². The van der Waals surface area contributed by atoms with Gasteiger partial charge in [-0.2, -0.15) is 0 Å². The van der Waals surface area contributed by atoms with E-state index in [1.54, 1.807) is 19.2 Å². The van der Waals surface area contributed by atoms with E-state index in [-0.39, 0.29) is 11.6 Å². The molecule has 0 aliphatic rings. The van der Waals surface area contributed by atoms with Gasteiger partial charge in [0, 0.05) is 23.2 Å². The second-order valence-electron chi connectivity index (χ2n) is 8.92. The SMILES string of the molecule is C=C(C)C(=O)OCCCCCCCCCCOc1cc2oc(=O)c(-c3ccccc3C)cc2cn1. The van der Waals surface area contributed by atoms with Gasteiger partial charge in [-0.15, -0.1) is 0 Å². The molecule has 0 unspecified atom stereocenters. The van der Waals surface area contributed by atoms with E-state index in [9.17, 15) is 9.59 Å². The monoisotopic (exact) mass is 477 g/mol. The Morgan fingerprint density at radius 2 is 1.60 bits per heavy atom. The summed E-state index contributed by atoms with van der Waals surface area (Å²) in [6.07, 6.45) is 10.4. The molecular weight excluding hydrogens is 442 g/mol. The number of hydrogen-bond donors (Lipinski definition) is 0. The van der Waals surface area contributed by atoms with Crippen LogP contribution < -0.4 is 10.4 Å². The molecule has 186 valence electrons. The molecular formula is C29H35NO5. The van der Waals surface area contributed by atoms with Gasteiger partial charge in [-0.25, -0.2) is 14.6 Å². The molecule has 0 atom stereocenters. The van der Waals surface area contributed by atoms with Crippen LogP contribution in [0.5, 0.6) is 5.88 Å². The number of hydrogen-bond acceptors (Lipinski definition) is 6. The number of aryl methyl sites for hydroxylation is 1. The highest BCUT2D eigenvalue weighted by Crippen LogP contribution is 2.25. The summed E-state index contributed by atoms with van der Waals surface area (Å²) in [7, 11) is 0. The third-order valence-electron chi connectivity index (χ3n) is 5.90. The number of carbonyl (C=O) groups excluding carboxylic acids is 1. The van der Waals surface area contributed by atoms with E-state index in [0.717, 1.165) is 55.0 Å². The standard InChI is InChI=1S/C29H35NO5/c1-21(2)28(31)34-17-13-9-7-5-4-6-8-12-16-33-27-19-26-23(20-30-27)18-25(29(32)35-26)24-15-11-10-14-22(24)3/h10-11,14-15,18-20H,1,4-9,12-13,16-17H2,2-3H3. The Bertz CT molecular complexity index is 1200. The second kappa shape index (κ2) is 13.5. The Kier molecular flexibility index (Phi) is 10.1. The highest BCUT2D eigenvalue weighted by atomic mass is 16.5. The van der Waals surface area contributed by atoms with Gasteiger partial charge in [0.1, 0.15) is 5.58 Å². The number of esters is 1. The van der Waals surface area contributed by atoms with Crippen molar-refractivity contribution < 1.29 is 18.7 Å². The number of aromatic nitrogens is 1. The maximum absolute atomic E-state index is 12.6. The number of fused-ring (bicyclic) bond motifs is 1. The van der Waals surface area contributed by atoms with Gasteiger partial charge in [0.15, 0.2) is 0 Å². The molecule has 3 aromatic rings. The zero-order valence-corrected chi connectivity index (χ0v) is 20.8. The largest absolute Gasteiger partial charge is 0.478 e. The summed E-state index contributed by atoms with van der Waals surface area (Å²) in [6.45, 7) is 8.26. The third kappa shape index (κ3) is 8.09. The quantitative estimate of drug-likeness (QED) is 0.145. The van der Waals surface area contributed by atoms with Crippen LogP contribution in [-0.2, 0) is 9.53 Å². The Hall–Kier alpha value is -3.41. The highest BCUT2D eigenvalue weighted by molar-refractivity contribution is 5.86. The summed E-state index contributed by atoms with van der Waals surface area (Å²) in [4.78, 5) is 28.2. The maximum Gasteiger partial charge on any atom is 0.344 e. The van der Waals surface area contributed by atoms with E-state index < -0.39 is 0 Å². The summed E-state index contributed by atoms with van der Waals surface area (Å²) >= 11 is 0. The number of nitrogens with zero attached hydrogens (tertiary/aromatic N) is 1. The van der Waals surface area contributed by atoms with Crippen molar-refractivity contribution in [1.82, 2.24) is 4.98 Å². The van der Waals surface area contributed by atoms with Crippen molar-refractivity contribution in [1.29, 1.82) is 0 Å². The topological polar surface area (TPSA) is 78.6 Å². The van der Waals surface area contributed by atoms with Crippen LogP contribution in [0.4, 0.5) is 0 Å². The molecule has 0 N–H and O–H groups in total.